The first-order chi connectivity index (χ1) is 10.8. The Morgan fingerprint density at radius 2 is 2.00 bits per heavy atom. The van der Waals surface area contributed by atoms with Crippen molar-refractivity contribution in [2.45, 2.75) is 32.4 Å². The molecule has 1 N–H and O–H groups in total. The minimum absolute atomic E-state index is 0.0827. The number of rotatable bonds is 4. The summed E-state index contributed by atoms with van der Waals surface area (Å²) < 4.78 is 42.1. The number of ether oxygens (including phenoxy) is 1. The van der Waals surface area contributed by atoms with E-state index in [9.17, 15) is 22.8 Å². The van der Waals surface area contributed by atoms with Crippen LogP contribution in [0.15, 0.2) is 24.3 Å². The van der Waals surface area contributed by atoms with Gasteiger partial charge in [-0.25, -0.2) is 4.79 Å². The van der Waals surface area contributed by atoms with Gasteiger partial charge in [0.05, 0.1) is 12.2 Å². The summed E-state index contributed by atoms with van der Waals surface area (Å²) in [6.07, 6.45) is -0.419. The van der Waals surface area contributed by atoms with E-state index in [2.05, 4.69) is 0 Å². The van der Waals surface area contributed by atoms with Gasteiger partial charge in [-0.15, -0.1) is 0 Å². The molecule has 0 atom stereocenters. The second-order valence-corrected chi connectivity index (χ2v) is 5.09. The molecule has 0 aliphatic heterocycles. The van der Waals surface area contributed by atoms with Crippen LogP contribution in [0.3, 0.4) is 0 Å². The molecule has 1 aliphatic carbocycles. The summed E-state index contributed by atoms with van der Waals surface area (Å²) in [5.74, 6) is -2.72. The first-order valence-electron chi connectivity index (χ1n) is 7.21. The van der Waals surface area contributed by atoms with Crippen LogP contribution in [0.1, 0.15) is 42.1 Å². The highest BCUT2D eigenvalue weighted by molar-refractivity contribution is 5.98. The summed E-state index contributed by atoms with van der Waals surface area (Å²) in [5.41, 5.74) is 1.58. The molecule has 0 fully saturated rings. The number of hydrogen-bond acceptors (Lipinski definition) is 3. The summed E-state index contributed by atoms with van der Waals surface area (Å²) in [6.45, 7) is 1.78. The number of amides is 1. The molecule has 0 bridgehead atoms. The number of nitrogens with one attached hydrogen (secondary N) is 1. The van der Waals surface area contributed by atoms with Gasteiger partial charge in [0.15, 0.2) is 0 Å². The number of benzene rings is 1. The molecule has 0 radical (unpaired) electrons. The van der Waals surface area contributed by atoms with Gasteiger partial charge in [0, 0.05) is 5.69 Å². The second kappa shape index (κ2) is 6.85. The molecule has 124 valence electrons. The number of hydrogen-bond donors (Lipinski definition) is 1. The molecule has 1 aliphatic rings. The summed E-state index contributed by atoms with van der Waals surface area (Å²) in [4.78, 5) is 23.0. The van der Waals surface area contributed by atoms with E-state index in [0.29, 0.717) is 5.56 Å². The van der Waals surface area contributed by atoms with Crippen LogP contribution in [-0.2, 0) is 9.53 Å². The highest BCUT2D eigenvalue weighted by atomic mass is 19.4. The zero-order valence-corrected chi connectivity index (χ0v) is 12.5. The molecule has 7 heteroatoms. The Kier molecular flexibility index (Phi) is 5.08. The quantitative estimate of drug-likeness (QED) is 0.853. The lowest BCUT2D eigenvalue weighted by atomic mass is 10.0. The maximum atomic E-state index is 12.4. The lowest BCUT2D eigenvalue weighted by Crippen LogP contribution is -2.30. The smallest absolute Gasteiger partial charge is 0.462 e. The largest absolute Gasteiger partial charge is 0.471 e. The number of alkyl halides is 3. The number of carbonyl (C=O) groups excluding carboxylic acids is 2. The highest BCUT2D eigenvalue weighted by Crippen LogP contribution is 2.31. The minimum atomic E-state index is -4.99. The Bertz CT molecular complexity index is 650. The van der Waals surface area contributed by atoms with Crippen LogP contribution in [0, 0.1) is 0 Å². The normalized spacial score (nSPS) is 14.3. The topological polar surface area (TPSA) is 55.4 Å². The summed E-state index contributed by atoms with van der Waals surface area (Å²) in [6, 6.07) is 4.18. The van der Waals surface area contributed by atoms with Gasteiger partial charge >= 0.3 is 18.1 Å². The summed E-state index contributed by atoms with van der Waals surface area (Å²) in [5, 5.41) is 1.78. The van der Waals surface area contributed by atoms with E-state index in [1.54, 1.807) is 18.3 Å². The van der Waals surface area contributed by atoms with Crippen LogP contribution in [0.5, 0.6) is 0 Å². The van der Waals surface area contributed by atoms with Crippen LogP contribution in [0.2, 0.25) is 0 Å². The predicted molar refractivity (Wildman–Crippen MR) is 78.9 cm³/mol. The predicted octanol–water partition coefficient (Wildman–Crippen LogP) is 3.93. The Morgan fingerprint density at radius 1 is 1.26 bits per heavy atom. The molecule has 0 unspecified atom stereocenters. The molecule has 0 heterocycles. The van der Waals surface area contributed by atoms with E-state index in [4.69, 9.17) is 4.74 Å². The first-order valence-corrected chi connectivity index (χ1v) is 7.21. The number of anilines is 1. The van der Waals surface area contributed by atoms with Crippen LogP contribution < -0.4 is 5.32 Å². The van der Waals surface area contributed by atoms with E-state index in [1.165, 1.54) is 12.1 Å². The van der Waals surface area contributed by atoms with Crippen LogP contribution in [0.4, 0.5) is 18.9 Å². The molecule has 4 nitrogen and oxygen atoms in total. The maximum absolute atomic E-state index is 12.4. The highest BCUT2D eigenvalue weighted by Gasteiger charge is 2.38. The van der Waals surface area contributed by atoms with E-state index in [0.717, 1.165) is 24.8 Å². The van der Waals surface area contributed by atoms with Gasteiger partial charge in [0.2, 0.25) is 0 Å². The molecule has 1 amide bonds. The average Bonchev–Trinajstić information content (AvgIpc) is 3.00. The van der Waals surface area contributed by atoms with Crippen molar-refractivity contribution in [3.05, 3.63) is 35.4 Å². The van der Waals surface area contributed by atoms with Gasteiger partial charge in [0.25, 0.3) is 0 Å². The lowest BCUT2D eigenvalue weighted by Gasteiger charge is -2.12. The maximum Gasteiger partial charge on any atom is 0.471 e. The van der Waals surface area contributed by atoms with E-state index in [-0.39, 0.29) is 17.9 Å². The number of halogens is 3. The third-order valence-electron chi connectivity index (χ3n) is 3.37. The fraction of sp³-hybridized carbons (Fsp3) is 0.375. The Labute approximate surface area is 131 Å². The third-order valence-corrected chi connectivity index (χ3v) is 3.37. The Balaban J connectivity index is 2.36. The van der Waals surface area contributed by atoms with Gasteiger partial charge in [-0.05, 0) is 55.5 Å². The van der Waals surface area contributed by atoms with Crippen molar-refractivity contribution in [1.82, 2.24) is 0 Å². The number of allylic oxidation sites excluding steroid dienone is 2. The van der Waals surface area contributed by atoms with Gasteiger partial charge in [-0.1, -0.05) is 6.08 Å². The third kappa shape index (κ3) is 4.34. The summed E-state index contributed by atoms with van der Waals surface area (Å²) >= 11 is 0. The molecular weight excluding hydrogens is 311 g/mol. The summed E-state index contributed by atoms with van der Waals surface area (Å²) in [7, 11) is 0. The Hall–Kier alpha value is -2.31. The van der Waals surface area contributed by atoms with Crippen molar-refractivity contribution in [3.63, 3.8) is 0 Å². The van der Waals surface area contributed by atoms with Crippen LogP contribution in [-0.4, -0.2) is 24.7 Å². The van der Waals surface area contributed by atoms with Crippen molar-refractivity contribution in [1.29, 1.82) is 0 Å². The lowest BCUT2D eigenvalue weighted by molar-refractivity contribution is -0.167. The molecule has 0 saturated heterocycles. The fourth-order valence-corrected chi connectivity index (χ4v) is 2.35. The SMILES string of the molecule is CCOC(=O)c1cc(NC(=O)C(F)(F)F)cc(C2=CCCC2)c1. The van der Waals surface area contributed by atoms with Crippen molar-refractivity contribution in [2.24, 2.45) is 0 Å². The van der Waals surface area contributed by atoms with E-state index < -0.39 is 18.1 Å². The van der Waals surface area contributed by atoms with Gasteiger partial charge in [0.1, 0.15) is 0 Å². The molecule has 0 saturated carbocycles. The first kappa shape index (κ1) is 17.1. The average molecular weight is 327 g/mol. The number of carbonyl (C=O) groups is 2. The fourth-order valence-electron chi connectivity index (χ4n) is 2.35. The zero-order chi connectivity index (χ0) is 17.0. The van der Waals surface area contributed by atoms with Gasteiger partial charge in [-0.2, -0.15) is 13.2 Å². The van der Waals surface area contributed by atoms with Crippen molar-refractivity contribution >= 4 is 23.1 Å². The van der Waals surface area contributed by atoms with Crippen molar-refractivity contribution in [2.75, 3.05) is 11.9 Å². The van der Waals surface area contributed by atoms with Crippen LogP contribution in [0.25, 0.3) is 5.57 Å². The minimum Gasteiger partial charge on any atom is -0.462 e. The zero-order valence-electron chi connectivity index (χ0n) is 12.5. The van der Waals surface area contributed by atoms with Crippen molar-refractivity contribution < 1.29 is 27.5 Å². The van der Waals surface area contributed by atoms with Crippen molar-refractivity contribution in [3.8, 4) is 0 Å². The van der Waals surface area contributed by atoms with E-state index in [1.807, 2.05) is 6.08 Å². The van der Waals surface area contributed by atoms with Gasteiger partial charge < -0.3 is 10.1 Å². The number of esters is 1. The molecular formula is C16H16F3NO3. The standard InChI is InChI=1S/C16H16F3NO3/c1-2-23-14(21)12-7-11(10-5-3-4-6-10)8-13(9-12)20-15(22)16(17,18)19/h5,7-9H,2-4,6H2,1H3,(H,20,22). The van der Waals surface area contributed by atoms with Gasteiger partial charge in [-0.3, -0.25) is 4.79 Å². The van der Waals surface area contributed by atoms with Crippen LogP contribution >= 0.6 is 0 Å². The Morgan fingerprint density at radius 3 is 2.57 bits per heavy atom. The second-order valence-electron chi connectivity index (χ2n) is 5.09. The van der Waals surface area contributed by atoms with E-state index >= 15 is 0 Å². The molecule has 0 aromatic heterocycles. The molecule has 1 aromatic rings. The molecule has 23 heavy (non-hydrogen) atoms. The molecule has 2 rings (SSSR count). The monoisotopic (exact) mass is 327 g/mol. The molecule has 1 aromatic carbocycles. The molecule has 0 spiro atoms.